The molecule has 2 aliphatic rings. The molecule has 1 amide bonds. The zero-order valence-corrected chi connectivity index (χ0v) is 14.9. The van der Waals surface area contributed by atoms with Crippen molar-refractivity contribution in [3.8, 4) is 11.5 Å². The van der Waals surface area contributed by atoms with Gasteiger partial charge in [-0.15, -0.1) is 6.58 Å². The van der Waals surface area contributed by atoms with Crippen molar-refractivity contribution in [3.05, 3.63) is 36.4 Å². The predicted molar refractivity (Wildman–Crippen MR) is 96.1 cm³/mol. The van der Waals surface area contributed by atoms with Crippen molar-refractivity contribution in [2.24, 2.45) is 0 Å². The Labute approximate surface area is 149 Å². The van der Waals surface area contributed by atoms with E-state index in [-0.39, 0.29) is 24.7 Å². The SMILES string of the molecule is C=CCc1ccc(OCC(=O)N2CCOC3CCCCC32)c(OC)c1. The van der Waals surface area contributed by atoms with Crippen molar-refractivity contribution in [1.82, 2.24) is 4.90 Å². The van der Waals surface area contributed by atoms with Gasteiger partial charge in [-0.05, 0) is 37.0 Å². The van der Waals surface area contributed by atoms with Crippen LogP contribution in [-0.4, -0.2) is 49.8 Å². The summed E-state index contributed by atoms with van der Waals surface area (Å²) in [6.07, 6.45) is 7.23. The average Bonchev–Trinajstić information content (AvgIpc) is 2.66. The van der Waals surface area contributed by atoms with Crippen LogP contribution in [0, 0.1) is 0 Å². The summed E-state index contributed by atoms with van der Waals surface area (Å²) >= 11 is 0. The molecule has 3 rings (SSSR count). The number of carbonyl (C=O) groups is 1. The van der Waals surface area contributed by atoms with Gasteiger partial charge in [0.05, 0.1) is 25.9 Å². The lowest BCUT2D eigenvalue weighted by Crippen LogP contribution is -2.55. The standard InChI is InChI=1S/C20H27NO4/c1-3-6-15-9-10-18(19(13-15)23-2)25-14-20(22)21-11-12-24-17-8-5-4-7-16(17)21/h3,9-10,13,16-17H,1,4-8,11-12,14H2,2H3. The number of amides is 1. The van der Waals surface area contributed by atoms with Gasteiger partial charge in [0, 0.05) is 6.54 Å². The lowest BCUT2D eigenvalue weighted by atomic mass is 9.90. The number of benzene rings is 1. The Kier molecular flexibility index (Phi) is 5.97. The number of carbonyl (C=O) groups excluding carboxylic acids is 1. The number of nitrogens with zero attached hydrogens (tertiary/aromatic N) is 1. The molecule has 1 saturated heterocycles. The van der Waals surface area contributed by atoms with Crippen LogP contribution in [0.5, 0.6) is 11.5 Å². The van der Waals surface area contributed by atoms with Crippen LogP contribution in [0.3, 0.4) is 0 Å². The molecule has 1 aromatic carbocycles. The van der Waals surface area contributed by atoms with Gasteiger partial charge >= 0.3 is 0 Å². The van der Waals surface area contributed by atoms with Crippen molar-refractivity contribution in [2.75, 3.05) is 26.9 Å². The van der Waals surface area contributed by atoms with Crippen molar-refractivity contribution >= 4 is 5.91 Å². The van der Waals surface area contributed by atoms with Crippen LogP contribution in [0.1, 0.15) is 31.2 Å². The first-order chi connectivity index (χ1) is 12.2. The average molecular weight is 345 g/mol. The molecule has 1 aliphatic carbocycles. The Morgan fingerprint density at radius 3 is 3.00 bits per heavy atom. The van der Waals surface area contributed by atoms with Crippen molar-refractivity contribution in [2.45, 2.75) is 44.2 Å². The van der Waals surface area contributed by atoms with E-state index < -0.39 is 0 Å². The summed E-state index contributed by atoms with van der Waals surface area (Å²) in [5.41, 5.74) is 1.10. The van der Waals surface area contributed by atoms with E-state index in [4.69, 9.17) is 14.2 Å². The summed E-state index contributed by atoms with van der Waals surface area (Å²) in [5.74, 6) is 1.26. The van der Waals surface area contributed by atoms with Crippen LogP contribution in [0.15, 0.2) is 30.9 Å². The summed E-state index contributed by atoms with van der Waals surface area (Å²) in [6.45, 7) is 5.04. The van der Waals surface area contributed by atoms with Crippen LogP contribution in [0.4, 0.5) is 0 Å². The molecule has 25 heavy (non-hydrogen) atoms. The number of ether oxygens (including phenoxy) is 3. The fourth-order valence-corrected chi connectivity index (χ4v) is 3.75. The molecule has 5 nitrogen and oxygen atoms in total. The molecule has 2 fully saturated rings. The highest BCUT2D eigenvalue weighted by molar-refractivity contribution is 5.78. The summed E-state index contributed by atoms with van der Waals surface area (Å²) in [6, 6.07) is 5.95. The molecule has 2 unspecified atom stereocenters. The van der Waals surface area contributed by atoms with Crippen molar-refractivity contribution in [1.29, 1.82) is 0 Å². The molecule has 1 heterocycles. The fourth-order valence-electron chi connectivity index (χ4n) is 3.75. The van der Waals surface area contributed by atoms with Gasteiger partial charge in [-0.1, -0.05) is 25.0 Å². The number of morpholine rings is 1. The Morgan fingerprint density at radius 1 is 1.36 bits per heavy atom. The van der Waals surface area contributed by atoms with E-state index in [9.17, 15) is 4.79 Å². The molecule has 0 bridgehead atoms. The molecule has 5 heteroatoms. The minimum absolute atomic E-state index is 0.0254. The smallest absolute Gasteiger partial charge is 0.260 e. The first-order valence-corrected chi connectivity index (χ1v) is 9.04. The van der Waals surface area contributed by atoms with Crippen LogP contribution < -0.4 is 9.47 Å². The number of allylic oxidation sites excluding steroid dienone is 1. The minimum atomic E-state index is 0.0254. The summed E-state index contributed by atoms with van der Waals surface area (Å²) in [5, 5.41) is 0. The molecule has 1 aromatic rings. The highest BCUT2D eigenvalue weighted by atomic mass is 16.5. The van der Waals surface area contributed by atoms with Crippen LogP contribution >= 0.6 is 0 Å². The molecule has 0 aromatic heterocycles. The number of rotatable bonds is 6. The largest absolute Gasteiger partial charge is 0.493 e. The van der Waals surface area contributed by atoms with Gasteiger partial charge in [0.15, 0.2) is 18.1 Å². The molecule has 0 N–H and O–H groups in total. The monoisotopic (exact) mass is 345 g/mol. The Bertz CT molecular complexity index is 614. The van der Waals surface area contributed by atoms with E-state index in [1.807, 2.05) is 29.2 Å². The molecule has 136 valence electrons. The maximum absolute atomic E-state index is 12.7. The summed E-state index contributed by atoms with van der Waals surface area (Å²) < 4.78 is 17.0. The predicted octanol–water partition coefficient (Wildman–Crippen LogP) is 2.97. The van der Waals surface area contributed by atoms with Crippen molar-refractivity contribution in [3.63, 3.8) is 0 Å². The van der Waals surface area contributed by atoms with E-state index in [1.54, 1.807) is 7.11 Å². The Morgan fingerprint density at radius 2 is 2.20 bits per heavy atom. The van der Waals surface area contributed by atoms with Crippen LogP contribution in [0.2, 0.25) is 0 Å². The van der Waals surface area contributed by atoms with Gasteiger partial charge in [-0.3, -0.25) is 4.79 Å². The van der Waals surface area contributed by atoms with E-state index in [0.717, 1.165) is 31.2 Å². The molecule has 0 spiro atoms. The van der Waals surface area contributed by atoms with E-state index >= 15 is 0 Å². The zero-order valence-electron chi connectivity index (χ0n) is 14.9. The number of methoxy groups -OCH3 is 1. The van der Waals surface area contributed by atoms with Gasteiger partial charge in [-0.2, -0.15) is 0 Å². The van der Waals surface area contributed by atoms with Crippen LogP contribution in [0.25, 0.3) is 0 Å². The van der Waals surface area contributed by atoms with Crippen LogP contribution in [-0.2, 0) is 16.0 Å². The summed E-state index contributed by atoms with van der Waals surface area (Å²) in [4.78, 5) is 14.6. The van der Waals surface area contributed by atoms with Crippen molar-refractivity contribution < 1.29 is 19.0 Å². The number of hydrogen-bond acceptors (Lipinski definition) is 4. The van der Waals surface area contributed by atoms with Gasteiger partial charge in [-0.25, -0.2) is 0 Å². The van der Waals surface area contributed by atoms with E-state index in [1.165, 1.54) is 6.42 Å². The van der Waals surface area contributed by atoms with Gasteiger partial charge in [0.1, 0.15) is 0 Å². The highest BCUT2D eigenvalue weighted by Crippen LogP contribution is 2.30. The number of hydrogen-bond donors (Lipinski definition) is 0. The molecule has 2 atom stereocenters. The third-order valence-corrected chi connectivity index (χ3v) is 5.01. The second-order valence-corrected chi connectivity index (χ2v) is 6.61. The molecular weight excluding hydrogens is 318 g/mol. The highest BCUT2D eigenvalue weighted by Gasteiger charge is 2.36. The van der Waals surface area contributed by atoms with Gasteiger partial charge < -0.3 is 19.1 Å². The zero-order chi connectivity index (χ0) is 17.6. The quantitative estimate of drug-likeness (QED) is 0.744. The lowest BCUT2D eigenvalue weighted by Gasteiger charge is -2.43. The first kappa shape index (κ1) is 17.8. The fraction of sp³-hybridized carbons (Fsp3) is 0.550. The molecule has 0 radical (unpaired) electrons. The normalized spacial score (nSPS) is 22.8. The Hall–Kier alpha value is -2.01. The topological polar surface area (TPSA) is 48.0 Å². The van der Waals surface area contributed by atoms with Gasteiger partial charge in [0.2, 0.25) is 0 Å². The molecule has 1 saturated carbocycles. The second-order valence-electron chi connectivity index (χ2n) is 6.61. The third kappa shape index (κ3) is 4.15. The third-order valence-electron chi connectivity index (χ3n) is 5.01. The first-order valence-electron chi connectivity index (χ1n) is 9.04. The minimum Gasteiger partial charge on any atom is -0.493 e. The maximum atomic E-state index is 12.7. The van der Waals surface area contributed by atoms with E-state index in [0.29, 0.717) is 24.7 Å². The maximum Gasteiger partial charge on any atom is 0.260 e. The Balaban J connectivity index is 1.62. The molecular formula is C20H27NO4. The van der Waals surface area contributed by atoms with Gasteiger partial charge in [0.25, 0.3) is 5.91 Å². The number of fused-ring (bicyclic) bond motifs is 1. The van der Waals surface area contributed by atoms with E-state index in [2.05, 4.69) is 6.58 Å². The second kappa shape index (κ2) is 8.39. The molecule has 1 aliphatic heterocycles. The summed E-state index contributed by atoms with van der Waals surface area (Å²) in [7, 11) is 1.61. The lowest BCUT2D eigenvalue weighted by molar-refractivity contribution is -0.151.